The van der Waals surface area contributed by atoms with E-state index < -0.39 is 0 Å². The predicted octanol–water partition coefficient (Wildman–Crippen LogP) is 4.22. The molecule has 0 spiro atoms. The van der Waals surface area contributed by atoms with Gasteiger partial charge < -0.3 is 4.90 Å². The fraction of sp³-hybridized carbons (Fsp3) is 0.294. The fourth-order valence-corrected chi connectivity index (χ4v) is 1.77. The Morgan fingerprint density at radius 2 is 1.80 bits per heavy atom. The van der Waals surface area contributed by atoms with E-state index in [-0.39, 0.29) is 5.78 Å². The molecule has 0 saturated carbocycles. The van der Waals surface area contributed by atoms with Crippen molar-refractivity contribution in [2.75, 3.05) is 11.9 Å². The summed E-state index contributed by atoms with van der Waals surface area (Å²) in [4.78, 5) is 17.9. The van der Waals surface area contributed by atoms with Gasteiger partial charge in [-0.2, -0.15) is 0 Å². The van der Waals surface area contributed by atoms with Crippen LogP contribution in [0.3, 0.4) is 0 Å². The van der Waals surface area contributed by atoms with Gasteiger partial charge in [-0.15, -0.1) is 0 Å². The Labute approximate surface area is 121 Å². The highest BCUT2D eigenvalue weighted by Gasteiger charge is 2.13. The summed E-state index contributed by atoms with van der Waals surface area (Å²) in [6.07, 6.45) is 1.80. The van der Waals surface area contributed by atoms with Crippen molar-refractivity contribution in [2.45, 2.75) is 27.7 Å². The Bertz CT molecular complexity index is 578. The average Bonchev–Trinajstić information content (AvgIpc) is 2.42. The molecule has 0 amide bonds. The number of Topliss-reactive ketones (excluding diaryl/α,β-unsaturated/α-hetero) is 1. The summed E-state index contributed by atoms with van der Waals surface area (Å²) in [7, 11) is 1.91. The Morgan fingerprint density at radius 1 is 1.20 bits per heavy atom. The molecular weight excluding hydrogens is 248 g/mol. The topological polar surface area (TPSA) is 32.7 Å². The lowest BCUT2D eigenvalue weighted by Gasteiger charge is -2.24. The Hall–Kier alpha value is -2.16. The number of carbonyl (C=O) groups excluding carboxylic acids is 1. The van der Waals surface area contributed by atoms with Gasteiger partial charge >= 0.3 is 0 Å². The SMILES string of the molecule is C=C(/C(C)=C\N=C(C)C)N(C)c1ccccc1C(C)=O. The number of anilines is 1. The second-order valence-corrected chi connectivity index (χ2v) is 4.97. The fourth-order valence-electron chi connectivity index (χ4n) is 1.77. The minimum atomic E-state index is 0.0457. The minimum Gasteiger partial charge on any atom is -0.344 e. The van der Waals surface area contributed by atoms with Crippen molar-refractivity contribution in [3.63, 3.8) is 0 Å². The van der Waals surface area contributed by atoms with E-state index >= 15 is 0 Å². The van der Waals surface area contributed by atoms with Gasteiger partial charge in [-0.25, -0.2) is 0 Å². The third-order valence-corrected chi connectivity index (χ3v) is 3.02. The number of nitrogens with zero attached hydrogens (tertiary/aromatic N) is 2. The van der Waals surface area contributed by atoms with Crippen LogP contribution >= 0.6 is 0 Å². The number of rotatable bonds is 5. The molecule has 0 bridgehead atoms. The van der Waals surface area contributed by atoms with Crippen molar-refractivity contribution in [1.82, 2.24) is 0 Å². The first-order valence-corrected chi connectivity index (χ1v) is 6.55. The first kappa shape index (κ1) is 15.9. The van der Waals surface area contributed by atoms with Crippen LogP contribution in [0.25, 0.3) is 0 Å². The van der Waals surface area contributed by atoms with Gasteiger partial charge in [0.05, 0.1) is 5.69 Å². The van der Waals surface area contributed by atoms with Crippen LogP contribution in [0.1, 0.15) is 38.1 Å². The average molecular weight is 270 g/mol. The van der Waals surface area contributed by atoms with Crippen molar-refractivity contribution in [3.05, 3.63) is 53.9 Å². The summed E-state index contributed by atoms with van der Waals surface area (Å²) >= 11 is 0. The second-order valence-electron chi connectivity index (χ2n) is 4.97. The molecule has 1 rings (SSSR count). The Kier molecular flexibility index (Phi) is 5.44. The van der Waals surface area contributed by atoms with Crippen molar-refractivity contribution in [3.8, 4) is 0 Å². The van der Waals surface area contributed by atoms with Crippen molar-refractivity contribution >= 4 is 17.2 Å². The van der Waals surface area contributed by atoms with E-state index in [1.807, 2.05) is 57.0 Å². The van der Waals surface area contributed by atoms with Crippen LogP contribution < -0.4 is 4.90 Å². The van der Waals surface area contributed by atoms with Gasteiger partial charge in [0.25, 0.3) is 0 Å². The Morgan fingerprint density at radius 3 is 2.35 bits per heavy atom. The van der Waals surface area contributed by atoms with Crippen molar-refractivity contribution < 1.29 is 4.79 Å². The van der Waals surface area contributed by atoms with Crippen LogP contribution in [0.4, 0.5) is 5.69 Å². The normalized spacial score (nSPS) is 10.9. The molecule has 20 heavy (non-hydrogen) atoms. The molecule has 0 aromatic heterocycles. The number of benzene rings is 1. The number of hydrogen-bond acceptors (Lipinski definition) is 3. The van der Waals surface area contributed by atoms with Gasteiger partial charge in [0.2, 0.25) is 0 Å². The van der Waals surface area contributed by atoms with E-state index in [9.17, 15) is 4.79 Å². The molecular formula is C17H22N2O. The zero-order valence-electron chi connectivity index (χ0n) is 12.9. The molecule has 0 radical (unpaired) electrons. The summed E-state index contributed by atoms with van der Waals surface area (Å²) in [6, 6.07) is 7.53. The van der Waals surface area contributed by atoms with Gasteiger partial charge in [0.1, 0.15) is 0 Å². The highest BCUT2D eigenvalue weighted by Crippen LogP contribution is 2.25. The molecule has 0 saturated heterocycles. The molecule has 3 nitrogen and oxygen atoms in total. The first-order valence-electron chi connectivity index (χ1n) is 6.55. The van der Waals surface area contributed by atoms with Gasteiger partial charge in [0.15, 0.2) is 5.78 Å². The maximum Gasteiger partial charge on any atom is 0.161 e. The number of para-hydroxylation sites is 1. The lowest BCUT2D eigenvalue weighted by molar-refractivity contribution is 0.101. The summed E-state index contributed by atoms with van der Waals surface area (Å²) in [5.74, 6) is 0.0457. The zero-order valence-corrected chi connectivity index (χ0v) is 12.9. The highest BCUT2D eigenvalue weighted by molar-refractivity contribution is 6.00. The van der Waals surface area contributed by atoms with Crippen molar-refractivity contribution in [2.24, 2.45) is 4.99 Å². The lowest BCUT2D eigenvalue weighted by Crippen LogP contribution is -2.18. The standard InChI is InChI=1S/C17H22N2O/c1-12(2)18-11-13(3)14(4)19(6)17-10-8-7-9-16(17)15(5)20/h7-11H,4H2,1-3,5-6H3/b13-11-. The molecule has 1 aromatic carbocycles. The number of aliphatic imine (C=N–C) groups is 1. The quantitative estimate of drug-likeness (QED) is 0.456. The molecule has 0 aliphatic carbocycles. The Balaban J connectivity index is 3.10. The first-order chi connectivity index (χ1) is 9.34. The monoisotopic (exact) mass is 270 g/mol. The van der Waals surface area contributed by atoms with E-state index in [0.717, 1.165) is 22.7 Å². The summed E-state index contributed by atoms with van der Waals surface area (Å²) in [5, 5.41) is 0. The van der Waals surface area contributed by atoms with Crippen LogP contribution in [0.15, 0.2) is 53.3 Å². The summed E-state index contributed by atoms with van der Waals surface area (Å²) in [5.41, 5.74) is 4.33. The maximum absolute atomic E-state index is 11.7. The van der Waals surface area contributed by atoms with E-state index in [1.54, 1.807) is 13.1 Å². The van der Waals surface area contributed by atoms with Crippen LogP contribution in [0, 0.1) is 0 Å². The molecule has 106 valence electrons. The van der Waals surface area contributed by atoms with Crippen LogP contribution in [0.2, 0.25) is 0 Å². The molecule has 0 heterocycles. The van der Waals surface area contributed by atoms with E-state index in [2.05, 4.69) is 11.6 Å². The van der Waals surface area contributed by atoms with Gasteiger partial charge in [0, 0.05) is 30.2 Å². The number of carbonyl (C=O) groups is 1. The molecule has 0 aliphatic heterocycles. The highest BCUT2D eigenvalue weighted by atomic mass is 16.1. The number of allylic oxidation sites excluding steroid dienone is 1. The van der Waals surface area contributed by atoms with E-state index in [1.165, 1.54) is 0 Å². The van der Waals surface area contributed by atoms with Crippen LogP contribution in [-0.4, -0.2) is 18.5 Å². The van der Waals surface area contributed by atoms with Gasteiger partial charge in [-0.05, 0) is 45.4 Å². The van der Waals surface area contributed by atoms with Crippen molar-refractivity contribution in [1.29, 1.82) is 0 Å². The predicted molar refractivity (Wildman–Crippen MR) is 86.5 cm³/mol. The molecule has 0 fully saturated rings. The third-order valence-electron chi connectivity index (χ3n) is 3.02. The van der Waals surface area contributed by atoms with E-state index in [0.29, 0.717) is 5.56 Å². The lowest BCUT2D eigenvalue weighted by atomic mass is 10.1. The second kappa shape index (κ2) is 6.85. The largest absolute Gasteiger partial charge is 0.344 e. The number of likely N-dealkylation sites (N-methyl/N-ethyl adjacent to an activating group) is 1. The van der Waals surface area contributed by atoms with E-state index in [4.69, 9.17) is 0 Å². The number of ketones is 1. The summed E-state index contributed by atoms with van der Waals surface area (Å²) < 4.78 is 0. The molecule has 3 heteroatoms. The molecule has 0 aliphatic rings. The van der Waals surface area contributed by atoms with Gasteiger partial charge in [-0.3, -0.25) is 9.79 Å². The minimum absolute atomic E-state index is 0.0457. The molecule has 1 aromatic rings. The van der Waals surface area contributed by atoms with Crippen LogP contribution in [-0.2, 0) is 0 Å². The number of hydrogen-bond donors (Lipinski definition) is 0. The zero-order chi connectivity index (χ0) is 15.3. The maximum atomic E-state index is 11.7. The molecule has 0 N–H and O–H groups in total. The molecule has 0 atom stereocenters. The summed E-state index contributed by atoms with van der Waals surface area (Å²) in [6.45, 7) is 11.5. The third kappa shape index (κ3) is 3.92. The van der Waals surface area contributed by atoms with Crippen LogP contribution in [0.5, 0.6) is 0 Å². The molecule has 0 unspecified atom stereocenters. The smallest absolute Gasteiger partial charge is 0.161 e. The van der Waals surface area contributed by atoms with Gasteiger partial charge in [-0.1, -0.05) is 18.7 Å².